The monoisotopic (exact) mass is 358 g/mol. The summed E-state index contributed by atoms with van der Waals surface area (Å²) in [7, 11) is 1.56. The van der Waals surface area contributed by atoms with Crippen LogP contribution < -0.4 is 4.74 Å². The Balaban J connectivity index is 1.94. The fourth-order valence-electron chi connectivity index (χ4n) is 3.18. The SMILES string of the molecule is COc1cccc(O)c1C1=Nc2ccccc2N=C(c2ccccc2O)C1. The Kier molecular flexibility index (Phi) is 4.34. The number of benzene rings is 3. The topological polar surface area (TPSA) is 74.4 Å². The first kappa shape index (κ1) is 16.8. The minimum absolute atomic E-state index is 0.0871. The number of rotatable bonds is 3. The van der Waals surface area contributed by atoms with Crippen molar-refractivity contribution < 1.29 is 14.9 Å². The van der Waals surface area contributed by atoms with Crippen molar-refractivity contribution in [3.63, 3.8) is 0 Å². The van der Waals surface area contributed by atoms with Gasteiger partial charge in [0.1, 0.15) is 17.2 Å². The van der Waals surface area contributed by atoms with E-state index in [-0.39, 0.29) is 11.5 Å². The zero-order valence-corrected chi connectivity index (χ0v) is 14.8. The van der Waals surface area contributed by atoms with Crippen LogP contribution in [0.4, 0.5) is 11.4 Å². The zero-order chi connectivity index (χ0) is 18.8. The largest absolute Gasteiger partial charge is 0.507 e. The molecule has 0 aliphatic carbocycles. The minimum atomic E-state index is 0.0871. The average Bonchev–Trinajstić information content (AvgIpc) is 2.87. The number of hydrogen-bond donors (Lipinski definition) is 2. The minimum Gasteiger partial charge on any atom is -0.507 e. The Hall–Kier alpha value is -3.60. The molecule has 1 aliphatic rings. The molecule has 134 valence electrons. The Morgan fingerprint density at radius 3 is 2.07 bits per heavy atom. The van der Waals surface area contributed by atoms with E-state index in [1.54, 1.807) is 37.4 Å². The maximum atomic E-state index is 10.5. The molecule has 0 aromatic heterocycles. The smallest absolute Gasteiger partial charge is 0.131 e. The van der Waals surface area contributed by atoms with Crippen LogP contribution in [0.1, 0.15) is 17.5 Å². The van der Waals surface area contributed by atoms with Gasteiger partial charge in [-0.3, -0.25) is 4.99 Å². The molecular weight excluding hydrogens is 340 g/mol. The molecular formula is C22H18N2O3. The number of aromatic hydroxyl groups is 2. The molecule has 0 saturated carbocycles. The number of fused-ring (bicyclic) bond motifs is 1. The summed E-state index contributed by atoms with van der Waals surface area (Å²) in [5.74, 6) is 0.771. The highest BCUT2D eigenvalue weighted by atomic mass is 16.5. The molecule has 0 atom stereocenters. The second kappa shape index (κ2) is 6.96. The van der Waals surface area contributed by atoms with Crippen LogP contribution in [-0.2, 0) is 0 Å². The van der Waals surface area contributed by atoms with Crippen molar-refractivity contribution in [3.8, 4) is 17.2 Å². The summed E-state index contributed by atoms with van der Waals surface area (Å²) in [6, 6.07) is 19.7. The first-order valence-corrected chi connectivity index (χ1v) is 8.56. The van der Waals surface area contributed by atoms with Crippen molar-refractivity contribution in [2.45, 2.75) is 6.42 Å². The van der Waals surface area contributed by atoms with Gasteiger partial charge in [-0.2, -0.15) is 0 Å². The molecule has 0 fully saturated rings. The van der Waals surface area contributed by atoms with Crippen LogP contribution >= 0.6 is 0 Å². The molecule has 0 radical (unpaired) electrons. The normalized spacial score (nSPS) is 13.2. The third-order valence-electron chi connectivity index (χ3n) is 4.46. The van der Waals surface area contributed by atoms with Gasteiger partial charge < -0.3 is 14.9 Å². The van der Waals surface area contributed by atoms with Crippen molar-refractivity contribution in [3.05, 3.63) is 77.9 Å². The summed E-state index contributed by atoms with van der Waals surface area (Å²) >= 11 is 0. The third-order valence-corrected chi connectivity index (χ3v) is 4.46. The van der Waals surface area contributed by atoms with Gasteiger partial charge in [0.25, 0.3) is 0 Å². The van der Waals surface area contributed by atoms with Gasteiger partial charge in [-0.1, -0.05) is 30.3 Å². The van der Waals surface area contributed by atoms with Gasteiger partial charge in [0.2, 0.25) is 0 Å². The lowest BCUT2D eigenvalue weighted by Gasteiger charge is -2.13. The van der Waals surface area contributed by atoms with Crippen LogP contribution in [0, 0.1) is 0 Å². The lowest BCUT2D eigenvalue weighted by molar-refractivity contribution is 0.406. The molecule has 1 heterocycles. The van der Waals surface area contributed by atoms with Gasteiger partial charge in [-0.25, -0.2) is 4.99 Å². The zero-order valence-electron chi connectivity index (χ0n) is 14.8. The molecule has 0 bridgehead atoms. The van der Waals surface area contributed by atoms with E-state index in [4.69, 9.17) is 14.7 Å². The first-order chi connectivity index (χ1) is 13.2. The van der Waals surface area contributed by atoms with E-state index in [2.05, 4.69) is 0 Å². The van der Waals surface area contributed by atoms with E-state index in [1.165, 1.54) is 0 Å². The predicted molar refractivity (Wildman–Crippen MR) is 106 cm³/mol. The van der Waals surface area contributed by atoms with Gasteiger partial charge in [-0.15, -0.1) is 0 Å². The summed E-state index contributed by atoms with van der Waals surface area (Å²) in [5, 5.41) is 20.8. The number of ether oxygens (including phenoxy) is 1. The van der Waals surface area contributed by atoms with Crippen LogP contribution in [0.5, 0.6) is 17.2 Å². The number of phenols is 2. The van der Waals surface area contributed by atoms with Crippen LogP contribution in [0.3, 0.4) is 0 Å². The lowest BCUT2D eigenvalue weighted by atomic mass is 9.98. The summed E-state index contributed by atoms with van der Waals surface area (Å²) in [6.45, 7) is 0. The van der Waals surface area contributed by atoms with Crippen LogP contribution in [0.2, 0.25) is 0 Å². The van der Waals surface area contributed by atoms with E-state index in [0.717, 1.165) is 0 Å². The maximum absolute atomic E-state index is 10.5. The van der Waals surface area contributed by atoms with Gasteiger partial charge >= 0.3 is 0 Å². The molecule has 0 amide bonds. The molecule has 3 aromatic carbocycles. The number of para-hydroxylation sites is 3. The van der Waals surface area contributed by atoms with Crippen LogP contribution in [-0.4, -0.2) is 28.7 Å². The number of hydrogen-bond acceptors (Lipinski definition) is 5. The van der Waals surface area contributed by atoms with Crippen molar-refractivity contribution in [2.75, 3.05) is 7.11 Å². The van der Waals surface area contributed by atoms with Gasteiger partial charge in [0.05, 0.1) is 35.5 Å². The standard InChI is InChI=1S/C22H18N2O3/c1-27-21-12-6-11-20(26)22(21)18-13-17(14-7-2-5-10-19(14)25)23-15-8-3-4-9-16(15)24-18/h2-12,25-26H,13H2,1H3. The summed E-state index contributed by atoms with van der Waals surface area (Å²) < 4.78 is 5.44. The van der Waals surface area contributed by atoms with Crippen molar-refractivity contribution in [1.29, 1.82) is 0 Å². The molecule has 0 saturated heterocycles. The van der Waals surface area contributed by atoms with Crippen molar-refractivity contribution in [1.82, 2.24) is 0 Å². The molecule has 5 heteroatoms. The van der Waals surface area contributed by atoms with E-state index < -0.39 is 0 Å². The number of aliphatic imine (C=N–C) groups is 2. The number of nitrogens with zero attached hydrogens (tertiary/aromatic N) is 2. The second-order valence-corrected chi connectivity index (χ2v) is 6.15. The first-order valence-electron chi connectivity index (χ1n) is 8.56. The quantitative estimate of drug-likeness (QED) is 0.709. The summed E-state index contributed by atoms with van der Waals surface area (Å²) in [6.07, 6.45) is 0.334. The second-order valence-electron chi connectivity index (χ2n) is 6.15. The molecule has 1 aliphatic heterocycles. The van der Waals surface area contributed by atoms with Gasteiger partial charge in [0, 0.05) is 12.0 Å². The third kappa shape index (κ3) is 3.15. The Labute approximate surface area is 156 Å². The summed E-state index contributed by atoms with van der Waals surface area (Å²) in [5.41, 5.74) is 3.86. The highest BCUT2D eigenvalue weighted by molar-refractivity contribution is 6.22. The molecule has 5 nitrogen and oxygen atoms in total. The highest BCUT2D eigenvalue weighted by Crippen LogP contribution is 2.37. The predicted octanol–water partition coefficient (Wildman–Crippen LogP) is 4.75. The Morgan fingerprint density at radius 1 is 0.741 bits per heavy atom. The fourth-order valence-corrected chi connectivity index (χ4v) is 3.18. The number of phenolic OH excluding ortho intramolecular Hbond substituents is 2. The molecule has 4 rings (SSSR count). The molecule has 3 aromatic rings. The Bertz CT molecular complexity index is 1070. The van der Waals surface area contributed by atoms with Crippen molar-refractivity contribution in [2.24, 2.45) is 9.98 Å². The summed E-state index contributed by atoms with van der Waals surface area (Å²) in [4.78, 5) is 9.52. The van der Waals surface area contributed by atoms with Crippen molar-refractivity contribution >= 4 is 22.8 Å². The van der Waals surface area contributed by atoms with E-state index in [1.807, 2.05) is 36.4 Å². The van der Waals surface area contributed by atoms with Gasteiger partial charge in [-0.05, 0) is 36.4 Å². The molecule has 27 heavy (non-hydrogen) atoms. The maximum Gasteiger partial charge on any atom is 0.131 e. The molecule has 0 unspecified atom stereocenters. The van der Waals surface area contributed by atoms with Gasteiger partial charge in [0.15, 0.2) is 0 Å². The lowest BCUT2D eigenvalue weighted by Crippen LogP contribution is -2.11. The van der Waals surface area contributed by atoms with E-state index >= 15 is 0 Å². The molecule has 0 spiro atoms. The Morgan fingerprint density at radius 2 is 1.37 bits per heavy atom. The highest BCUT2D eigenvalue weighted by Gasteiger charge is 2.22. The fraction of sp³-hybridized carbons (Fsp3) is 0.0909. The van der Waals surface area contributed by atoms with E-state index in [0.29, 0.717) is 46.1 Å². The number of methoxy groups -OCH3 is 1. The molecule has 2 N–H and O–H groups in total. The van der Waals surface area contributed by atoms with E-state index in [9.17, 15) is 10.2 Å². The van der Waals surface area contributed by atoms with Crippen LogP contribution in [0.15, 0.2) is 76.7 Å². The van der Waals surface area contributed by atoms with Crippen LogP contribution in [0.25, 0.3) is 0 Å². The average molecular weight is 358 g/mol.